The number of nitrogens with one attached hydrogen (secondary N) is 2. The zero-order valence-electron chi connectivity index (χ0n) is 15.1. The summed E-state index contributed by atoms with van der Waals surface area (Å²) in [5.74, 6) is 1.40. The van der Waals surface area contributed by atoms with Gasteiger partial charge in [0.25, 0.3) is 0 Å². The molecule has 23 heavy (non-hydrogen) atoms. The molecule has 1 unspecified atom stereocenters. The molecule has 0 aromatic heterocycles. The van der Waals surface area contributed by atoms with E-state index in [1.165, 1.54) is 0 Å². The van der Waals surface area contributed by atoms with Crippen molar-refractivity contribution in [1.29, 1.82) is 0 Å². The van der Waals surface area contributed by atoms with Gasteiger partial charge < -0.3 is 20.5 Å². The van der Waals surface area contributed by atoms with Crippen molar-refractivity contribution in [3.05, 3.63) is 0 Å². The lowest BCUT2D eigenvalue weighted by molar-refractivity contribution is 0.0794. The summed E-state index contributed by atoms with van der Waals surface area (Å²) in [6.07, 6.45) is 7.46. The number of ether oxygens (including phenoxy) is 1. The van der Waals surface area contributed by atoms with Gasteiger partial charge in [0.2, 0.25) is 0 Å². The number of aliphatic hydroxyl groups excluding tert-OH is 1. The SMILES string of the molecule is CCCC(CCO)CNC(=NCC1(SC)CCOCC1)NCC. The zero-order chi connectivity index (χ0) is 17.0. The van der Waals surface area contributed by atoms with Crippen LogP contribution in [0.15, 0.2) is 4.99 Å². The van der Waals surface area contributed by atoms with Gasteiger partial charge in [-0.05, 0) is 44.8 Å². The fourth-order valence-electron chi connectivity index (χ4n) is 2.92. The fourth-order valence-corrected chi connectivity index (χ4v) is 3.68. The van der Waals surface area contributed by atoms with Gasteiger partial charge in [-0.2, -0.15) is 11.8 Å². The molecular formula is C17H35N3O2S. The summed E-state index contributed by atoms with van der Waals surface area (Å²) in [5.41, 5.74) is 0. The van der Waals surface area contributed by atoms with Crippen molar-refractivity contribution in [1.82, 2.24) is 10.6 Å². The minimum atomic E-state index is 0.217. The van der Waals surface area contributed by atoms with Crippen LogP contribution in [-0.4, -0.2) is 61.5 Å². The smallest absolute Gasteiger partial charge is 0.191 e. The van der Waals surface area contributed by atoms with Crippen LogP contribution in [0.1, 0.15) is 46.0 Å². The molecule has 1 saturated heterocycles. The molecular weight excluding hydrogens is 310 g/mol. The number of aliphatic hydroxyl groups is 1. The van der Waals surface area contributed by atoms with Crippen molar-refractivity contribution < 1.29 is 9.84 Å². The highest BCUT2D eigenvalue weighted by Crippen LogP contribution is 2.33. The van der Waals surface area contributed by atoms with Crippen LogP contribution in [-0.2, 0) is 4.74 Å². The van der Waals surface area contributed by atoms with Gasteiger partial charge in [-0.1, -0.05) is 13.3 Å². The lowest BCUT2D eigenvalue weighted by Gasteiger charge is -2.34. The summed E-state index contributed by atoms with van der Waals surface area (Å²) in [4.78, 5) is 4.83. The number of rotatable bonds is 10. The molecule has 1 atom stereocenters. The quantitative estimate of drug-likeness (QED) is 0.419. The maximum Gasteiger partial charge on any atom is 0.191 e. The number of thioether (sulfide) groups is 1. The van der Waals surface area contributed by atoms with Gasteiger partial charge in [-0.15, -0.1) is 0 Å². The first kappa shape index (κ1) is 20.6. The standard InChI is InChI=1S/C17H35N3O2S/c1-4-6-15(7-10-21)13-19-16(18-5-2)20-14-17(23-3)8-11-22-12-9-17/h15,21H,4-14H2,1-3H3,(H2,18,19,20). The van der Waals surface area contributed by atoms with Crippen molar-refractivity contribution in [2.24, 2.45) is 10.9 Å². The number of hydrogen-bond donors (Lipinski definition) is 3. The Hall–Kier alpha value is -0.460. The van der Waals surface area contributed by atoms with Crippen LogP contribution in [0.25, 0.3) is 0 Å². The Labute approximate surface area is 146 Å². The highest BCUT2D eigenvalue weighted by molar-refractivity contribution is 8.00. The van der Waals surface area contributed by atoms with Gasteiger partial charge in [0.05, 0.1) is 6.54 Å². The summed E-state index contributed by atoms with van der Waals surface area (Å²) in [6, 6.07) is 0. The van der Waals surface area contributed by atoms with Crippen LogP contribution in [0.2, 0.25) is 0 Å². The number of guanidine groups is 1. The first-order valence-electron chi connectivity index (χ1n) is 8.95. The molecule has 136 valence electrons. The molecule has 0 saturated carbocycles. The highest BCUT2D eigenvalue weighted by atomic mass is 32.2. The Morgan fingerprint density at radius 1 is 1.26 bits per heavy atom. The van der Waals surface area contributed by atoms with E-state index in [0.29, 0.717) is 5.92 Å². The molecule has 1 aliphatic heterocycles. The summed E-state index contributed by atoms with van der Waals surface area (Å²) >= 11 is 1.92. The second kappa shape index (κ2) is 12.0. The number of nitrogens with zero attached hydrogens (tertiary/aromatic N) is 1. The minimum Gasteiger partial charge on any atom is -0.396 e. The van der Waals surface area contributed by atoms with E-state index >= 15 is 0 Å². The van der Waals surface area contributed by atoms with E-state index in [-0.39, 0.29) is 11.4 Å². The maximum atomic E-state index is 9.18. The lowest BCUT2D eigenvalue weighted by atomic mass is 9.99. The first-order chi connectivity index (χ1) is 11.2. The van der Waals surface area contributed by atoms with Crippen LogP contribution >= 0.6 is 11.8 Å². The van der Waals surface area contributed by atoms with Crippen LogP contribution in [0, 0.1) is 5.92 Å². The van der Waals surface area contributed by atoms with Crippen molar-refractivity contribution in [2.75, 3.05) is 45.7 Å². The summed E-state index contributed by atoms with van der Waals surface area (Å²) in [7, 11) is 0. The third-order valence-electron chi connectivity index (χ3n) is 4.50. The molecule has 1 heterocycles. The van der Waals surface area contributed by atoms with Crippen molar-refractivity contribution in [3.8, 4) is 0 Å². The van der Waals surface area contributed by atoms with Gasteiger partial charge in [-0.25, -0.2) is 0 Å². The van der Waals surface area contributed by atoms with Crippen molar-refractivity contribution in [3.63, 3.8) is 0 Å². The normalized spacial score (nSPS) is 19.4. The molecule has 0 aromatic carbocycles. The summed E-state index contributed by atoms with van der Waals surface area (Å²) in [5, 5.41) is 16.0. The second-order valence-corrected chi connectivity index (χ2v) is 7.52. The average molecular weight is 346 g/mol. The monoisotopic (exact) mass is 345 g/mol. The molecule has 0 radical (unpaired) electrons. The van der Waals surface area contributed by atoms with Gasteiger partial charge in [0.15, 0.2) is 5.96 Å². The Bertz CT molecular complexity index is 328. The molecule has 0 amide bonds. The van der Waals surface area contributed by atoms with E-state index in [2.05, 4.69) is 30.7 Å². The lowest BCUT2D eigenvalue weighted by Crippen LogP contribution is -2.42. The van der Waals surface area contributed by atoms with Crippen LogP contribution in [0.4, 0.5) is 0 Å². The van der Waals surface area contributed by atoms with Crippen LogP contribution < -0.4 is 10.6 Å². The molecule has 1 fully saturated rings. The van der Waals surface area contributed by atoms with E-state index < -0.39 is 0 Å². The van der Waals surface area contributed by atoms with Crippen molar-refractivity contribution >= 4 is 17.7 Å². The molecule has 3 N–H and O–H groups in total. The van der Waals surface area contributed by atoms with Gasteiger partial charge in [0, 0.05) is 37.7 Å². The Morgan fingerprint density at radius 2 is 2.00 bits per heavy atom. The van der Waals surface area contributed by atoms with E-state index in [0.717, 1.165) is 70.9 Å². The Kier molecular flexibility index (Phi) is 10.7. The highest BCUT2D eigenvalue weighted by Gasteiger charge is 2.31. The molecule has 6 heteroatoms. The van der Waals surface area contributed by atoms with E-state index in [1.807, 2.05) is 11.8 Å². The zero-order valence-corrected chi connectivity index (χ0v) is 15.9. The number of aliphatic imine (C=N–C) groups is 1. The topological polar surface area (TPSA) is 65.9 Å². The van der Waals surface area contributed by atoms with Gasteiger partial charge in [0.1, 0.15) is 0 Å². The summed E-state index contributed by atoms with van der Waals surface area (Å²) in [6.45, 7) is 8.78. The Morgan fingerprint density at radius 3 is 2.57 bits per heavy atom. The number of hydrogen-bond acceptors (Lipinski definition) is 4. The van der Waals surface area contributed by atoms with Gasteiger partial charge in [-0.3, -0.25) is 4.99 Å². The van der Waals surface area contributed by atoms with E-state index in [4.69, 9.17) is 9.73 Å². The van der Waals surface area contributed by atoms with Crippen LogP contribution in [0.5, 0.6) is 0 Å². The van der Waals surface area contributed by atoms with Gasteiger partial charge >= 0.3 is 0 Å². The average Bonchev–Trinajstić information content (AvgIpc) is 2.58. The van der Waals surface area contributed by atoms with Crippen LogP contribution in [0.3, 0.4) is 0 Å². The third-order valence-corrected chi connectivity index (χ3v) is 5.90. The fraction of sp³-hybridized carbons (Fsp3) is 0.941. The molecule has 0 spiro atoms. The largest absolute Gasteiger partial charge is 0.396 e. The predicted octanol–water partition coefficient (Wildman–Crippen LogP) is 2.25. The van der Waals surface area contributed by atoms with E-state index in [1.54, 1.807) is 0 Å². The molecule has 0 bridgehead atoms. The summed E-state index contributed by atoms with van der Waals surface area (Å²) < 4.78 is 5.71. The maximum absolute atomic E-state index is 9.18. The molecule has 0 aliphatic carbocycles. The first-order valence-corrected chi connectivity index (χ1v) is 10.2. The second-order valence-electron chi connectivity index (χ2n) is 6.24. The molecule has 5 nitrogen and oxygen atoms in total. The Balaban J connectivity index is 2.57. The molecule has 1 aliphatic rings. The molecule has 0 aromatic rings. The van der Waals surface area contributed by atoms with E-state index in [9.17, 15) is 5.11 Å². The minimum absolute atomic E-state index is 0.217. The van der Waals surface area contributed by atoms with Crippen molar-refractivity contribution in [2.45, 2.75) is 50.7 Å². The third kappa shape index (κ3) is 7.77. The predicted molar refractivity (Wildman–Crippen MR) is 100 cm³/mol. The molecule has 1 rings (SSSR count).